The summed E-state index contributed by atoms with van der Waals surface area (Å²) in [7, 11) is 1.48. The van der Waals surface area contributed by atoms with Crippen LogP contribution in [0.5, 0.6) is 11.5 Å². The van der Waals surface area contributed by atoms with Crippen molar-refractivity contribution in [1.82, 2.24) is 10.2 Å². The number of urea groups is 1. The number of hydrogen-bond donors (Lipinski definition) is 2. The standard InChI is InChI=1S/C22H19BrN2O6/c1-3-7-25-20(26)17(24-22(25)29)10-14-9-16(23)19(18(11-14)30-2)31-12-13-5-4-6-15(8-13)21(27)28/h3-6,8-11H,1,7,12H2,2H3,(H,24,29)(H,27,28)/b17-10-. The van der Waals surface area contributed by atoms with Gasteiger partial charge in [-0.15, -0.1) is 6.58 Å². The van der Waals surface area contributed by atoms with Crippen molar-refractivity contribution in [3.8, 4) is 11.5 Å². The molecular formula is C22H19BrN2O6. The summed E-state index contributed by atoms with van der Waals surface area (Å²) in [6.45, 7) is 3.78. The molecule has 0 spiro atoms. The molecule has 1 saturated heterocycles. The van der Waals surface area contributed by atoms with Crippen LogP contribution in [0.4, 0.5) is 4.79 Å². The molecule has 9 heteroatoms. The lowest BCUT2D eigenvalue weighted by molar-refractivity contribution is -0.122. The van der Waals surface area contributed by atoms with Gasteiger partial charge in [0.1, 0.15) is 12.3 Å². The number of rotatable bonds is 8. The number of carboxylic acid groups (broad SMARTS) is 1. The van der Waals surface area contributed by atoms with Gasteiger partial charge in [-0.25, -0.2) is 9.59 Å². The number of amides is 3. The minimum atomic E-state index is -1.02. The monoisotopic (exact) mass is 486 g/mol. The third kappa shape index (κ3) is 4.95. The number of ether oxygens (including phenoxy) is 2. The first-order valence-corrected chi connectivity index (χ1v) is 9.91. The molecule has 0 aromatic heterocycles. The van der Waals surface area contributed by atoms with Gasteiger partial charge in [-0.05, 0) is 57.4 Å². The largest absolute Gasteiger partial charge is 0.493 e. The van der Waals surface area contributed by atoms with Crippen LogP contribution in [0.3, 0.4) is 0 Å². The molecule has 3 rings (SSSR count). The quantitative estimate of drug-likeness (QED) is 0.333. The average Bonchev–Trinajstić information content (AvgIpc) is 3.00. The predicted octanol–water partition coefficient (Wildman–Crippen LogP) is 3.81. The van der Waals surface area contributed by atoms with Crippen LogP contribution in [0, 0.1) is 0 Å². The van der Waals surface area contributed by atoms with Gasteiger partial charge in [-0.3, -0.25) is 9.69 Å². The molecule has 2 N–H and O–H groups in total. The molecule has 8 nitrogen and oxygen atoms in total. The Hall–Kier alpha value is -3.59. The first-order chi connectivity index (χ1) is 14.8. The summed E-state index contributed by atoms with van der Waals surface area (Å²) in [5, 5.41) is 11.7. The van der Waals surface area contributed by atoms with Gasteiger partial charge in [-0.1, -0.05) is 18.2 Å². The first kappa shape index (κ1) is 22.1. The topological polar surface area (TPSA) is 105 Å². The Balaban J connectivity index is 1.83. The van der Waals surface area contributed by atoms with E-state index in [1.165, 1.54) is 31.4 Å². The molecular weight excluding hydrogens is 468 g/mol. The molecule has 1 fully saturated rings. The maximum Gasteiger partial charge on any atom is 0.335 e. The van der Waals surface area contributed by atoms with E-state index in [-0.39, 0.29) is 24.4 Å². The third-order valence-electron chi connectivity index (χ3n) is 4.39. The van der Waals surface area contributed by atoms with Gasteiger partial charge in [0.05, 0.1) is 17.1 Å². The second kappa shape index (κ2) is 9.48. The van der Waals surface area contributed by atoms with E-state index in [2.05, 4.69) is 27.8 Å². The maximum atomic E-state index is 12.4. The van der Waals surface area contributed by atoms with Crippen LogP contribution >= 0.6 is 15.9 Å². The van der Waals surface area contributed by atoms with Crippen molar-refractivity contribution in [1.29, 1.82) is 0 Å². The summed E-state index contributed by atoms with van der Waals surface area (Å²) in [5.74, 6) is -0.646. The number of nitrogens with zero attached hydrogens (tertiary/aromatic N) is 1. The average molecular weight is 487 g/mol. The molecule has 0 aliphatic carbocycles. The molecule has 2 aromatic carbocycles. The molecule has 1 aliphatic rings. The highest BCUT2D eigenvalue weighted by atomic mass is 79.9. The van der Waals surface area contributed by atoms with E-state index < -0.39 is 17.9 Å². The van der Waals surface area contributed by atoms with Crippen molar-refractivity contribution in [3.63, 3.8) is 0 Å². The zero-order chi connectivity index (χ0) is 22.5. The highest BCUT2D eigenvalue weighted by Gasteiger charge is 2.32. The summed E-state index contributed by atoms with van der Waals surface area (Å²) >= 11 is 3.44. The van der Waals surface area contributed by atoms with E-state index in [1.807, 2.05) is 0 Å². The number of imide groups is 1. The van der Waals surface area contributed by atoms with Crippen LogP contribution < -0.4 is 14.8 Å². The summed E-state index contributed by atoms with van der Waals surface area (Å²) < 4.78 is 11.8. The highest BCUT2D eigenvalue weighted by Crippen LogP contribution is 2.38. The van der Waals surface area contributed by atoms with Gasteiger partial charge in [0.2, 0.25) is 0 Å². The first-order valence-electron chi connectivity index (χ1n) is 9.12. The fourth-order valence-corrected chi connectivity index (χ4v) is 3.52. The van der Waals surface area contributed by atoms with Crippen LogP contribution in [0.2, 0.25) is 0 Å². The molecule has 1 aliphatic heterocycles. The second-order valence-corrected chi connectivity index (χ2v) is 7.38. The SMILES string of the molecule is C=CCN1C(=O)N/C(=C\c2cc(Br)c(OCc3cccc(C(=O)O)c3)c(OC)c2)C1=O. The molecule has 0 radical (unpaired) electrons. The molecule has 0 bridgehead atoms. The van der Waals surface area contributed by atoms with Crippen LogP contribution in [0.15, 0.2) is 59.2 Å². The normalized spacial score (nSPS) is 14.5. The van der Waals surface area contributed by atoms with E-state index in [1.54, 1.807) is 24.3 Å². The van der Waals surface area contributed by atoms with Crippen LogP contribution in [-0.2, 0) is 11.4 Å². The number of aromatic carboxylic acids is 1. The summed E-state index contributed by atoms with van der Waals surface area (Å²) in [5.41, 5.74) is 1.59. The Morgan fingerprint density at radius 3 is 2.74 bits per heavy atom. The maximum absolute atomic E-state index is 12.4. The van der Waals surface area contributed by atoms with Crippen molar-refractivity contribution >= 4 is 39.9 Å². The fraction of sp³-hybridized carbons (Fsp3) is 0.136. The Morgan fingerprint density at radius 1 is 1.29 bits per heavy atom. The van der Waals surface area contributed by atoms with Gasteiger partial charge >= 0.3 is 12.0 Å². The van der Waals surface area contributed by atoms with Gasteiger partial charge in [0.25, 0.3) is 5.91 Å². The molecule has 0 atom stereocenters. The third-order valence-corrected chi connectivity index (χ3v) is 4.98. The molecule has 31 heavy (non-hydrogen) atoms. The van der Waals surface area contributed by atoms with E-state index in [0.717, 1.165) is 4.90 Å². The Morgan fingerprint density at radius 2 is 2.06 bits per heavy atom. The zero-order valence-corrected chi connectivity index (χ0v) is 18.1. The van der Waals surface area contributed by atoms with Gasteiger partial charge < -0.3 is 19.9 Å². The van der Waals surface area contributed by atoms with Crippen molar-refractivity contribution in [3.05, 3.63) is 75.9 Å². The van der Waals surface area contributed by atoms with Crippen molar-refractivity contribution in [2.75, 3.05) is 13.7 Å². The van der Waals surface area contributed by atoms with E-state index in [4.69, 9.17) is 14.6 Å². The molecule has 2 aromatic rings. The lowest BCUT2D eigenvalue weighted by Gasteiger charge is -2.14. The summed E-state index contributed by atoms with van der Waals surface area (Å²) in [6.07, 6.45) is 3.01. The summed E-state index contributed by atoms with van der Waals surface area (Å²) in [6, 6.07) is 9.31. The van der Waals surface area contributed by atoms with Crippen molar-refractivity contribution in [2.24, 2.45) is 0 Å². The van der Waals surface area contributed by atoms with Crippen LogP contribution in [0.25, 0.3) is 6.08 Å². The number of halogens is 1. The van der Waals surface area contributed by atoms with Crippen LogP contribution in [-0.4, -0.2) is 41.6 Å². The Bertz CT molecular complexity index is 1100. The fourth-order valence-electron chi connectivity index (χ4n) is 2.95. The molecule has 0 unspecified atom stereocenters. The van der Waals surface area contributed by atoms with Crippen molar-refractivity contribution < 1.29 is 29.0 Å². The van der Waals surface area contributed by atoms with Gasteiger partial charge in [0.15, 0.2) is 11.5 Å². The van der Waals surface area contributed by atoms with Gasteiger partial charge in [-0.2, -0.15) is 0 Å². The highest BCUT2D eigenvalue weighted by molar-refractivity contribution is 9.10. The van der Waals surface area contributed by atoms with Crippen LogP contribution in [0.1, 0.15) is 21.5 Å². The zero-order valence-electron chi connectivity index (χ0n) is 16.6. The number of carboxylic acids is 1. The van der Waals surface area contributed by atoms with Gasteiger partial charge in [0, 0.05) is 6.54 Å². The number of benzene rings is 2. The minimum absolute atomic E-state index is 0.116. The predicted molar refractivity (Wildman–Crippen MR) is 117 cm³/mol. The van der Waals surface area contributed by atoms with E-state index in [0.29, 0.717) is 27.1 Å². The van der Waals surface area contributed by atoms with E-state index >= 15 is 0 Å². The molecule has 0 saturated carbocycles. The number of methoxy groups -OCH3 is 1. The summed E-state index contributed by atoms with van der Waals surface area (Å²) in [4.78, 5) is 36.5. The lowest BCUT2D eigenvalue weighted by atomic mass is 10.1. The Kier molecular flexibility index (Phi) is 6.76. The molecule has 160 valence electrons. The smallest absolute Gasteiger partial charge is 0.335 e. The van der Waals surface area contributed by atoms with Crippen molar-refractivity contribution in [2.45, 2.75) is 6.61 Å². The lowest BCUT2D eigenvalue weighted by Crippen LogP contribution is -2.30. The number of nitrogens with one attached hydrogen (secondary N) is 1. The van der Waals surface area contributed by atoms with E-state index in [9.17, 15) is 14.4 Å². The number of carbonyl (C=O) groups is 3. The Labute approximate surface area is 186 Å². The minimum Gasteiger partial charge on any atom is -0.493 e. The second-order valence-electron chi connectivity index (χ2n) is 6.52. The number of hydrogen-bond acceptors (Lipinski definition) is 5. The molecule has 1 heterocycles. The number of carbonyl (C=O) groups excluding carboxylic acids is 2. The molecule has 3 amide bonds.